The Morgan fingerprint density at radius 3 is 2.76 bits per heavy atom. The molecule has 0 saturated carbocycles. The van der Waals surface area contributed by atoms with E-state index in [0.29, 0.717) is 35.5 Å². The van der Waals surface area contributed by atoms with Crippen molar-refractivity contribution in [1.29, 1.82) is 0 Å². The third kappa shape index (κ3) is 4.87. The second-order valence-electron chi connectivity index (χ2n) is 7.87. The number of esters is 1. The second-order valence-corrected chi connectivity index (χ2v) is 9.22. The van der Waals surface area contributed by atoms with Gasteiger partial charge in [0.15, 0.2) is 5.11 Å². The number of thiocarbonyl (C=S) groups is 1. The number of carbonyl (C=O) groups is 1. The summed E-state index contributed by atoms with van der Waals surface area (Å²) in [4.78, 5) is 21.8. The van der Waals surface area contributed by atoms with Gasteiger partial charge in [0, 0.05) is 11.9 Å². The third-order valence-corrected chi connectivity index (χ3v) is 6.77. The lowest BCUT2D eigenvalue weighted by Crippen LogP contribution is -2.46. The monoisotopic (exact) mass is 497 g/mol. The van der Waals surface area contributed by atoms with E-state index in [-0.39, 0.29) is 24.3 Å². The van der Waals surface area contributed by atoms with E-state index in [1.54, 1.807) is 35.7 Å². The smallest absolute Gasteiger partial charge is 0.337 e. The summed E-state index contributed by atoms with van der Waals surface area (Å²) in [5, 5.41) is 12.2. The average Bonchev–Trinajstić information content (AvgIpc) is 3.60. The molecule has 11 heteroatoms. The van der Waals surface area contributed by atoms with E-state index < -0.39 is 5.97 Å². The summed E-state index contributed by atoms with van der Waals surface area (Å²) in [6, 6.07) is 12.7. The van der Waals surface area contributed by atoms with Crippen LogP contribution >= 0.6 is 23.6 Å². The van der Waals surface area contributed by atoms with E-state index in [2.05, 4.69) is 25.9 Å². The fourth-order valence-corrected chi connectivity index (χ4v) is 5.04. The summed E-state index contributed by atoms with van der Waals surface area (Å²) in [5.41, 5.74) is 2.01. The number of methoxy groups -OCH3 is 1. The van der Waals surface area contributed by atoms with Crippen LogP contribution in [-0.4, -0.2) is 65.7 Å². The molecule has 2 aromatic heterocycles. The number of rotatable bonds is 6. The third-order valence-electron chi connectivity index (χ3n) is 5.66. The van der Waals surface area contributed by atoms with Crippen molar-refractivity contribution in [1.82, 2.24) is 15.3 Å². The average molecular weight is 498 g/mol. The minimum atomic E-state index is -0.405. The van der Waals surface area contributed by atoms with Crippen molar-refractivity contribution in [3.8, 4) is 10.6 Å². The van der Waals surface area contributed by atoms with Gasteiger partial charge in [-0.25, -0.2) is 14.8 Å². The van der Waals surface area contributed by atoms with Crippen molar-refractivity contribution in [3.05, 3.63) is 59.6 Å². The fraction of sp³-hybridized carbons (Fsp3) is 0.304. The number of carbonyl (C=O) groups excluding carboxylic acids is 1. The number of anilines is 2. The molecule has 0 bridgehead atoms. The molecular weight excluding hydrogens is 474 g/mol. The zero-order valence-corrected chi connectivity index (χ0v) is 19.9. The number of hydrogen-bond donors (Lipinski definition) is 3. The Morgan fingerprint density at radius 1 is 1.15 bits per heavy atom. The molecule has 0 spiro atoms. The van der Waals surface area contributed by atoms with E-state index in [1.807, 2.05) is 29.6 Å². The highest BCUT2D eigenvalue weighted by Gasteiger charge is 2.48. The van der Waals surface area contributed by atoms with Gasteiger partial charge in [-0.1, -0.05) is 12.1 Å². The number of nitrogens with one attached hydrogen (secondary N) is 3. The van der Waals surface area contributed by atoms with Crippen LogP contribution < -0.4 is 16.0 Å². The van der Waals surface area contributed by atoms with Crippen LogP contribution in [0, 0.1) is 0 Å². The van der Waals surface area contributed by atoms with E-state index in [4.69, 9.17) is 26.4 Å². The molecule has 176 valence electrons. The van der Waals surface area contributed by atoms with Crippen LogP contribution in [0.25, 0.3) is 10.6 Å². The molecule has 0 unspecified atom stereocenters. The number of hydrogen-bond acceptors (Lipinski definition) is 9. The molecule has 2 aliphatic heterocycles. The Balaban J connectivity index is 1.18. The fourth-order valence-electron chi connectivity index (χ4n) is 4.08. The van der Waals surface area contributed by atoms with Gasteiger partial charge in [-0.05, 0) is 47.9 Å². The number of aromatic nitrogens is 2. The first-order chi connectivity index (χ1) is 16.6. The predicted octanol–water partition coefficient (Wildman–Crippen LogP) is 2.93. The first-order valence-electron chi connectivity index (χ1n) is 10.7. The van der Waals surface area contributed by atoms with Crippen LogP contribution in [0.5, 0.6) is 0 Å². The Labute approximate surface area is 205 Å². The van der Waals surface area contributed by atoms with Crippen molar-refractivity contribution in [2.75, 3.05) is 31.0 Å². The summed E-state index contributed by atoms with van der Waals surface area (Å²) >= 11 is 7.11. The maximum Gasteiger partial charge on any atom is 0.337 e. The van der Waals surface area contributed by atoms with Crippen molar-refractivity contribution >= 4 is 46.3 Å². The van der Waals surface area contributed by atoms with E-state index in [0.717, 1.165) is 10.6 Å². The van der Waals surface area contributed by atoms with E-state index in [1.165, 1.54) is 7.11 Å². The number of benzene rings is 1. The van der Waals surface area contributed by atoms with Crippen molar-refractivity contribution in [3.63, 3.8) is 0 Å². The number of nitrogens with zero attached hydrogens (tertiary/aromatic N) is 2. The lowest BCUT2D eigenvalue weighted by atomic mass is 10.1. The molecular formula is C23H23N5O4S2. The topological polar surface area (TPSA) is 107 Å². The van der Waals surface area contributed by atoms with Gasteiger partial charge in [0.25, 0.3) is 0 Å². The highest BCUT2D eigenvalue weighted by molar-refractivity contribution is 7.80. The SMILES string of the molecule is COC(=O)c1cccc(NC(=S)N[C@@H]2CO[C@@H]3[C@@H]2OC[C@@H]3Nc2nccc(-c3cccs3)n2)c1. The van der Waals surface area contributed by atoms with Crippen LogP contribution in [0.15, 0.2) is 54.0 Å². The molecule has 9 nitrogen and oxygen atoms in total. The van der Waals surface area contributed by atoms with Crippen LogP contribution in [0.3, 0.4) is 0 Å². The van der Waals surface area contributed by atoms with E-state index in [9.17, 15) is 4.79 Å². The quantitative estimate of drug-likeness (QED) is 0.348. The van der Waals surface area contributed by atoms with Gasteiger partial charge in [0.05, 0.1) is 48.5 Å². The molecule has 0 amide bonds. The summed E-state index contributed by atoms with van der Waals surface area (Å²) in [5.74, 6) is 0.139. The first kappa shape index (κ1) is 22.7. The zero-order valence-electron chi connectivity index (χ0n) is 18.3. The van der Waals surface area contributed by atoms with E-state index >= 15 is 0 Å². The molecule has 0 aliphatic carbocycles. The summed E-state index contributed by atoms with van der Waals surface area (Å²) in [6.07, 6.45) is 1.42. The van der Waals surface area contributed by atoms with Gasteiger partial charge in [-0.15, -0.1) is 11.3 Å². The van der Waals surface area contributed by atoms with Crippen LogP contribution in [0.2, 0.25) is 0 Å². The Kier molecular flexibility index (Phi) is 6.68. The molecule has 4 heterocycles. The highest BCUT2D eigenvalue weighted by Crippen LogP contribution is 2.29. The lowest BCUT2D eigenvalue weighted by Gasteiger charge is -2.20. The van der Waals surface area contributed by atoms with Gasteiger partial charge >= 0.3 is 5.97 Å². The van der Waals surface area contributed by atoms with Crippen LogP contribution in [0.1, 0.15) is 10.4 Å². The standard InChI is InChI=1S/C23H23N5O4S2/c1-30-21(29)13-4-2-5-14(10-13)25-23(33)28-17-12-32-19-16(11-31-20(17)19)27-22-24-8-7-15(26-22)18-6-3-9-34-18/h2-10,16-17,19-20H,11-12H2,1H3,(H,24,26,27)(H2,25,28,33)/t16-,17+,19-,20+/m0/s1. The number of fused-ring (bicyclic) bond motifs is 1. The van der Waals surface area contributed by atoms with Crippen molar-refractivity contribution in [2.24, 2.45) is 0 Å². The normalized spacial score (nSPS) is 23.2. The minimum Gasteiger partial charge on any atom is -0.465 e. The summed E-state index contributed by atoms with van der Waals surface area (Å²) < 4.78 is 16.8. The van der Waals surface area contributed by atoms with Gasteiger partial charge in [0.1, 0.15) is 12.2 Å². The zero-order chi connectivity index (χ0) is 23.5. The second kappa shape index (κ2) is 10.0. The predicted molar refractivity (Wildman–Crippen MR) is 133 cm³/mol. The van der Waals surface area contributed by atoms with Crippen LogP contribution in [-0.2, 0) is 14.2 Å². The molecule has 2 saturated heterocycles. The van der Waals surface area contributed by atoms with Gasteiger partial charge < -0.3 is 30.2 Å². The Morgan fingerprint density at radius 2 is 1.97 bits per heavy atom. The van der Waals surface area contributed by atoms with Gasteiger partial charge in [0.2, 0.25) is 5.95 Å². The Bertz CT molecular complexity index is 1180. The first-order valence-corrected chi connectivity index (χ1v) is 12.0. The maximum atomic E-state index is 11.7. The molecule has 4 atom stereocenters. The molecule has 34 heavy (non-hydrogen) atoms. The molecule has 1 aromatic carbocycles. The molecule has 5 rings (SSSR count). The molecule has 0 radical (unpaired) electrons. The molecule has 2 aliphatic rings. The Hall–Kier alpha value is -3.12. The maximum absolute atomic E-state index is 11.7. The summed E-state index contributed by atoms with van der Waals surface area (Å²) in [7, 11) is 1.35. The lowest BCUT2D eigenvalue weighted by molar-refractivity contribution is 0.0601. The molecule has 3 N–H and O–H groups in total. The molecule has 2 fully saturated rings. The van der Waals surface area contributed by atoms with Gasteiger partial charge in [-0.3, -0.25) is 0 Å². The highest BCUT2D eigenvalue weighted by atomic mass is 32.1. The largest absolute Gasteiger partial charge is 0.465 e. The number of ether oxygens (including phenoxy) is 3. The molecule has 3 aromatic rings. The summed E-state index contributed by atoms with van der Waals surface area (Å²) in [6.45, 7) is 0.926. The van der Waals surface area contributed by atoms with Crippen LogP contribution in [0.4, 0.5) is 11.6 Å². The van der Waals surface area contributed by atoms with Gasteiger partial charge in [-0.2, -0.15) is 0 Å². The minimum absolute atomic E-state index is 0.0753. The van der Waals surface area contributed by atoms with Crippen molar-refractivity contribution < 1.29 is 19.0 Å². The number of thiophene rings is 1. The van der Waals surface area contributed by atoms with Crippen molar-refractivity contribution in [2.45, 2.75) is 24.3 Å².